The zero-order chi connectivity index (χ0) is 9.71. The van der Waals surface area contributed by atoms with Crippen LogP contribution in [0.15, 0.2) is 28.7 Å². The van der Waals surface area contributed by atoms with Crippen LogP contribution in [0.25, 0.3) is 0 Å². The van der Waals surface area contributed by atoms with Crippen molar-refractivity contribution in [3.8, 4) is 0 Å². The zero-order valence-electron chi connectivity index (χ0n) is 7.86. The fraction of sp³-hybridized carbons (Fsp3) is 0.455. The Morgan fingerprint density at radius 2 is 1.71 bits per heavy atom. The van der Waals surface area contributed by atoms with Gasteiger partial charge in [0.1, 0.15) is 0 Å². The summed E-state index contributed by atoms with van der Waals surface area (Å²) >= 11 is 3.45. The van der Waals surface area contributed by atoms with E-state index >= 15 is 0 Å². The quantitative estimate of drug-likeness (QED) is 0.827. The van der Waals surface area contributed by atoms with E-state index in [1.54, 1.807) is 0 Å². The summed E-state index contributed by atoms with van der Waals surface area (Å²) in [5.41, 5.74) is 7.23. The highest BCUT2D eigenvalue weighted by molar-refractivity contribution is 9.10. The number of piperidine rings is 1. The summed E-state index contributed by atoms with van der Waals surface area (Å²) in [6, 6.07) is 9.01. The Hall–Kier alpha value is -0.540. The van der Waals surface area contributed by atoms with Crippen molar-refractivity contribution >= 4 is 21.6 Å². The molecule has 0 radical (unpaired) electrons. The summed E-state index contributed by atoms with van der Waals surface area (Å²) in [6.45, 7) is 2.29. The lowest BCUT2D eigenvalue weighted by Crippen LogP contribution is -2.27. The van der Waals surface area contributed by atoms with Gasteiger partial charge in [-0.25, -0.2) is 0 Å². The van der Waals surface area contributed by atoms with Crippen LogP contribution in [0.2, 0.25) is 0 Å². The fourth-order valence-corrected chi connectivity index (χ4v) is 2.70. The van der Waals surface area contributed by atoms with E-state index in [1.807, 2.05) is 0 Å². The second kappa shape index (κ2) is 2.97. The van der Waals surface area contributed by atoms with Crippen LogP contribution in [-0.4, -0.2) is 19.1 Å². The number of rotatable bonds is 1. The molecule has 14 heavy (non-hydrogen) atoms. The molecule has 2 nitrogen and oxygen atoms in total. The first-order valence-electron chi connectivity index (χ1n) is 5.02. The molecule has 0 aromatic heterocycles. The predicted octanol–water partition coefficient (Wildman–Crippen LogP) is 1.84. The van der Waals surface area contributed by atoms with E-state index < -0.39 is 0 Å². The van der Waals surface area contributed by atoms with Gasteiger partial charge in [-0.1, -0.05) is 15.9 Å². The third kappa shape index (κ3) is 1.27. The van der Waals surface area contributed by atoms with Crippen LogP contribution in [0.5, 0.6) is 0 Å². The molecule has 1 aliphatic carbocycles. The number of nitrogens with zero attached hydrogens (tertiary/aromatic N) is 1. The van der Waals surface area contributed by atoms with Crippen LogP contribution in [0.1, 0.15) is 0 Å². The van der Waals surface area contributed by atoms with Crippen molar-refractivity contribution in [2.24, 2.45) is 17.6 Å². The molecule has 2 aliphatic rings. The molecule has 1 heterocycles. The summed E-state index contributed by atoms with van der Waals surface area (Å²) in [5, 5.41) is 0. The molecule has 0 spiro atoms. The predicted molar refractivity (Wildman–Crippen MR) is 61.3 cm³/mol. The molecule has 2 fully saturated rings. The van der Waals surface area contributed by atoms with Crippen LogP contribution in [0, 0.1) is 11.8 Å². The third-order valence-electron chi connectivity index (χ3n) is 3.45. The van der Waals surface area contributed by atoms with Gasteiger partial charge in [0.25, 0.3) is 0 Å². The molecule has 1 saturated carbocycles. The largest absolute Gasteiger partial charge is 0.371 e. The molecule has 3 rings (SSSR count). The van der Waals surface area contributed by atoms with Gasteiger partial charge in [-0.3, -0.25) is 0 Å². The van der Waals surface area contributed by atoms with Crippen molar-refractivity contribution in [1.82, 2.24) is 0 Å². The van der Waals surface area contributed by atoms with Gasteiger partial charge < -0.3 is 10.6 Å². The number of anilines is 1. The summed E-state index contributed by atoms with van der Waals surface area (Å²) in [6.07, 6.45) is 0. The topological polar surface area (TPSA) is 29.3 Å². The monoisotopic (exact) mass is 252 g/mol. The number of hydrogen-bond acceptors (Lipinski definition) is 2. The number of fused-ring (bicyclic) bond motifs is 1. The Morgan fingerprint density at radius 3 is 2.29 bits per heavy atom. The first-order valence-corrected chi connectivity index (χ1v) is 5.81. The maximum Gasteiger partial charge on any atom is 0.0367 e. The summed E-state index contributed by atoms with van der Waals surface area (Å²) in [5.74, 6) is 1.53. The Morgan fingerprint density at radius 1 is 1.14 bits per heavy atom. The minimum atomic E-state index is 0.488. The fourth-order valence-electron chi connectivity index (χ4n) is 2.44. The van der Waals surface area contributed by atoms with Crippen LogP contribution >= 0.6 is 15.9 Å². The first-order chi connectivity index (χ1) is 6.75. The Bertz CT molecular complexity index is 337. The van der Waals surface area contributed by atoms with E-state index in [4.69, 9.17) is 5.73 Å². The smallest absolute Gasteiger partial charge is 0.0367 e. The zero-order valence-corrected chi connectivity index (χ0v) is 9.44. The van der Waals surface area contributed by atoms with Crippen molar-refractivity contribution in [3.05, 3.63) is 28.7 Å². The lowest BCUT2D eigenvalue weighted by molar-refractivity contribution is 0.743. The minimum absolute atomic E-state index is 0.488. The molecule has 74 valence electrons. The van der Waals surface area contributed by atoms with Crippen LogP contribution < -0.4 is 10.6 Å². The number of nitrogens with two attached hydrogens (primary N) is 1. The highest BCUT2D eigenvalue weighted by Gasteiger charge is 2.53. The van der Waals surface area contributed by atoms with Crippen molar-refractivity contribution < 1.29 is 0 Å². The molecule has 2 unspecified atom stereocenters. The number of halogens is 1. The van der Waals surface area contributed by atoms with Gasteiger partial charge in [0, 0.05) is 29.3 Å². The standard InChI is InChI=1S/C11H13BrN2/c12-7-1-3-8(4-2-7)14-5-9-10(6-14)11(9)13/h1-4,9-11H,5-6,13H2. The molecule has 1 aliphatic heterocycles. The van der Waals surface area contributed by atoms with Gasteiger partial charge in [0.2, 0.25) is 0 Å². The average Bonchev–Trinajstić information content (AvgIpc) is 2.66. The van der Waals surface area contributed by atoms with Gasteiger partial charge >= 0.3 is 0 Å². The number of hydrogen-bond donors (Lipinski definition) is 1. The normalized spacial score (nSPS) is 34.4. The molecular formula is C11H13BrN2. The second-order valence-corrected chi connectivity index (χ2v) is 5.20. The van der Waals surface area contributed by atoms with Crippen LogP contribution in [-0.2, 0) is 0 Å². The Labute approximate surface area is 92.2 Å². The summed E-state index contributed by atoms with van der Waals surface area (Å²) in [7, 11) is 0. The minimum Gasteiger partial charge on any atom is -0.371 e. The van der Waals surface area contributed by atoms with Gasteiger partial charge in [0.15, 0.2) is 0 Å². The summed E-state index contributed by atoms with van der Waals surface area (Å²) < 4.78 is 1.14. The van der Waals surface area contributed by atoms with Crippen LogP contribution in [0.4, 0.5) is 5.69 Å². The highest BCUT2D eigenvalue weighted by atomic mass is 79.9. The van der Waals surface area contributed by atoms with Crippen molar-refractivity contribution in [2.45, 2.75) is 6.04 Å². The lowest BCUT2D eigenvalue weighted by Gasteiger charge is -2.21. The van der Waals surface area contributed by atoms with Gasteiger partial charge in [0.05, 0.1) is 0 Å². The third-order valence-corrected chi connectivity index (χ3v) is 3.98. The van der Waals surface area contributed by atoms with E-state index in [9.17, 15) is 0 Å². The molecule has 0 bridgehead atoms. The van der Waals surface area contributed by atoms with Gasteiger partial charge in [-0.15, -0.1) is 0 Å². The molecule has 1 aromatic rings. The van der Waals surface area contributed by atoms with E-state index in [2.05, 4.69) is 45.1 Å². The lowest BCUT2D eigenvalue weighted by atomic mass is 10.3. The maximum absolute atomic E-state index is 5.90. The van der Waals surface area contributed by atoms with Crippen LogP contribution in [0.3, 0.4) is 0 Å². The Balaban J connectivity index is 1.76. The van der Waals surface area contributed by atoms with Crippen molar-refractivity contribution in [2.75, 3.05) is 18.0 Å². The molecule has 0 amide bonds. The Kier molecular flexibility index (Phi) is 1.86. The van der Waals surface area contributed by atoms with E-state index in [0.29, 0.717) is 6.04 Å². The van der Waals surface area contributed by atoms with E-state index in [1.165, 1.54) is 5.69 Å². The molecular weight excluding hydrogens is 240 g/mol. The van der Waals surface area contributed by atoms with E-state index in [0.717, 1.165) is 29.4 Å². The maximum atomic E-state index is 5.90. The highest BCUT2D eigenvalue weighted by Crippen LogP contribution is 2.45. The molecule has 2 atom stereocenters. The molecule has 1 saturated heterocycles. The molecule has 3 heteroatoms. The SMILES string of the molecule is NC1C2CN(c3ccc(Br)cc3)CC12. The van der Waals surface area contributed by atoms with Gasteiger partial charge in [-0.05, 0) is 36.1 Å². The first kappa shape index (κ1) is 8.74. The average molecular weight is 253 g/mol. The summed E-state index contributed by atoms with van der Waals surface area (Å²) in [4.78, 5) is 2.44. The number of benzene rings is 1. The van der Waals surface area contributed by atoms with E-state index in [-0.39, 0.29) is 0 Å². The van der Waals surface area contributed by atoms with Crippen molar-refractivity contribution in [1.29, 1.82) is 0 Å². The molecule has 1 aromatic carbocycles. The van der Waals surface area contributed by atoms with Crippen molar-refractivity contribution in [3.63, 3.8) is 0 Å². The van der Waals surface area contributed by atoms with Gasteiger partial charge in [-0.2, -0.15) is 0 Å². The molecule has 2 N–H and O–H groups in total. The second-order valence-electron chi connectivity index (χ2n) is 4.29.